The van der Waals surface area contributed by atoms with Gasteiger partial charge in [-0.2, -0.15) is 0 Å². The van der Waals surface area contributed by atoms with Crippen molar-refractivity contribution in [2.45, 2.75) is 33.0 Å². The predicted molar refractivity (Wildman–Crippen MR) is 68.8 cm³/mol. The van der Waals surface area contributed by atoms with Gasteiger partial charge in [0.1, 0.15) is 5.82 Å². The molecule has 1 heterocycles. The summed E-state index contributed by atoms with van der Waals surface area (Å²) in [6.45, 7) is 5.81. The fraction of sp³-hybridized carbons (Fsp3) is 0.462. The average Bonchev–Trinajstić information content (AvgIpc) is 2.73. The van der Waals surface area contributed by atoms with Crippen LogP contribution < -0.4 is 5.32 Å². The number of aliphatic hydroxyl groups is 1. The summed E-state index contributed by atoms with van der Waals surface area (Å²) in [5.41, 5.74) is 2.20. The molecule has 1 aromatic heterocycles. The van der Waals surface area contributed by atoms with Crippen molar-refractivity contribution in [3.8, 4) is 0 Å². The highest BCUT2D eigenvalue weighted by Gasteiger charge is 2.09. The van der Waals surface area contributed by atoms with Crippen molar-refractivity contribution in [3.05, 3.63) is 30.1 Å². The molecule has 2 aromatic rings. The molecule has 0 saturated carbocycles. The molecule has 2 N–H and O–H groups in total. The van der Waals surface area contributed by atoms with Crippen molar-refractivity contribution in [3.63, 3.8) is 0 Å². The van der Waals surface area contributed by atoms with Crippen LogP contribution in [0.2, 0.25) is 0 Å². The van der Waals surface area contributed by atoms with Gasteiger partial charge in [0.25, 0.3) is 0 Å². The molecule has 0 spiro atoms. The molecule has 0 aliphatic rings. The van der Waals surface area contributed by atoms with E-state index in [9.17, 15) is 0 Å². The number of fused-ring (bicyclic) bond motifs is 1. The van der Waals surface area contributed by atoms with Crippen LogP contribution in [0.15, 0.2) is 24.3 Å². The first-order valence-electron chi connectivity index (χ1n) is 6.04. The van der Waals surface area contributed by atoms with Gasteiger partial charge in [-0.15, -0.1) is 0 Å². The Bertz CT molecular complexity index is 492. The molecule has 4 heteroatoms. The maximum absolute atomic E-state index is 8.99. The van der Waals surface area contributed by atoms with E-state index in [0.717, 1.165) is 17.9 Å². The first kappa shape index (κ1) is 12.1. The Balaban J connectivity index is 2.27. The van der Waals surface area contributed by atoms with Crippen molar-refractivity contribution in [2.75, 3.05) is 6.61 Å². The standard InChI is InChI=1S/C13H19N3O/c1-3-16-12-7-5-4-6-11(12)15-13(16)8-14-10(2)9-17/h4-7,10,14,17H,3,8-9H2,1-2H3. The number of aromatic nitrogens is 2. The molecule has 17 heavy (non-hydrogen) atoms. The van der Waals surface area contributed by atoms with Crippen molar-refractivity contribution in [1.29, 1.82) is 0 Å². The van der Waals surface area contributed by atoms with Crippen LogP contribution in [0, 0.1) is 0 Å². The number of para-hydroxylation sites is 2. The Kier molecular flexibility index (Phi) is 3.76. The molecule has 0 fully saturated rings. The smallest absolute Gasteiger partial charge is 0.123 e. The molecule has 1 unspecified atom stereocenters. The minimum atomic E-state index is 0.0973. The SMILES string of the molecule is CCn1c(CNC(C)CO)nc2ccccc21. The molecule has 0 radical (unpaired) electrons. The van der Waals surface area contributed by atoms with Crippen LogP contribution in [0.4, 0.5) is 0 Å². The fourth-order valence-electron chi connectivity index (χ4n) is 1.94. The molecule has 2 rings (SSSR count). The number of nitrogens with one attached hydrogen (secondary N) is 1. The summed E-state index contributed by atoms with van der Waals surface area (Å²) in [5.74, 6) is 1.02. The topological polar surface area (TPSA) is 50.1 Å². The van der Waals surface area contributed by atoms with Crippen LogP contribution in [-0.2, 0) is 13.1 Å². The Hall–Kier alpha value is -1.39. The first-order chi connectivity index (χ1) is 8.26. The van der Waals surface area contributed by atoms with E-state index in [2.05, 4.69) is 27.9 Å². The van der Waals surface area contributed by atoms with Gasteiger partial charge in [0.15, 0.2) is 0 Å². The summed E-state index contributed by atoms with van der Waals surface area (Å²) in [7, 11) is 0. The van der Waals surface area contributed by atoms with Crippen LogP contribution in [0.1, 0.15) is 19.7 Å². The van der Waals surface area contributed by atoms with E-state index < -0.39 is 0 Å². The van der Waals surface area contributed by atoms with Gasteiger partial charge in [-0.25, -0.2) is 4.98 Å². The number of imidazole rings is 1. The van der Waals surface area contributed by atoms with E-state index in [-0.39, 0.29) is 12.6 Å². The normalized spacial score (nSPS) is 13.1. The molecule has 0 amide bonds. The second-order valence-corrected chi connectivity index (χ2v) is 4.23. The van der Waals surface area contributed by atoms with Gasteiger partial charge in [-0.05, 0) is 26.0 Å². The molecule has 1 atom stereocenters. The van der Waals surface area contributed by atoms with Crippen LogP contribution >= 0.6 is 0 Å². The predicted octanol–water partition coefficient (Wildman–Crippen LogP) is 1.53. The summed E-state index contributed by atoms with van der Waals surface area (Å²) < 4.78 is 2.20. The fourth-order valence-corrected chi connectivity index (χ4v) is 1.94. The number of aliphatic hydroxyl groups excluding tert-OH is 1. The minimum Gasteiger partial charge on any atom is -0.395 e. The molecule has 0 aliphatic carbocycles. The quantitative estimate of drug-likeness (QED) is 0.823. The van der Waals surface area contributed by atoms with E-state index >= 15 is 0 Å². The number of nitrogens with zero attached hydrogens (tertiary/aromatic N) is 2. The minimum absolute atomic E-state index is 0.0973. The third kappa shape index (κ3) is 2.48. The molecule has 0 bridgehead atoms. The monoisotopic (exact) mass is 233 g/mol. The largest absolute Gasteiger partial charge is 0.395 e. The van der Waals surface area contributed by atoms with Gasteiger partial charge in [0.05, 0.1) is 24.2 Å². The zero-order valence-corrected chi connectivity index (χ0v) is 10.3. The van der Waals surface area contributed by atoms with Gasteiger partial charge in [0.2, 0.25) is 0 Å². The molecule has 0 saturated heterocycles. The van der Waals surface area contributed by atoms with Gasteiger partial charge in [0, 0.05) is 12.6 Å². The van der Waals surface area contributed by atoms with Crippen molar-refractivity contribution < 1.29 is 5.11 Å². The second kappa shape index (κ2) is 5.29. The zero-order valence-electron chi connectivity index (χ0n) is 10.3. The van der Waals surface area contributed by atoms with Crippen molar-refractivity contribution >= 4 is 11.0 Å². The Morgan fingerprint density at radius 3 is 2.88 bits per heavy atom. The Morgan fingerprint density at radius 1 is 1.41 bits per heavy atom. The van der Waals surface area contributed by atoms with Gasteiger partial charge >= 0.3 is 0 Å². The number of hydrogen-bond acceptors (Lipinski definition) is 3. The van der Waals surface area contributed by atoms with Gasteiger partial charge < -0.3 is 15.0 Å². The lowest BCUT2D eigenvalue weighted by Crippen LogP contribution is -2.29. The number of rotatable bonds is 5. The Labute approximate surface area is 101 Å². The average molecular weight is 233 g/mol. The number of hydrogen-bond donors (Lipinski definition) is 2. The van der Waals surface area contributed by atoms with Crippen molar-refractivity contribution in [1.82, 2.24) is 14.9 Å². The maximum atomic E-state index is 8.99. The zero-order chi connectivity index (χ0) is 12.3. The maximum Gasteiger partial charge on any atom is 0.123 e. The van der Waals surface area contributed by atoms with Gasteiger partial charge in [-0.3, -0.25) is 0 Å². The lowest BCUT2D eigenvalue weighted by Gasteiger charge is -2.11. The summed E-state index contributed by atoms with van der Waals surface area (Å²) in [5, 5.41) is 12.2. The molecular weight excluding hydrogens is 214 g/mol. The molecule has 92 valence electrons. The van der Waals surface area contributed by atoms with Crippen LogP contribution in [0.5, 0.6) is 0 Å². The van der Waals surface area contributed by atoms with Crippen LogP contribution in [-0.4, -0.2) is 27.3 Å². The van der Waals surface area contributed by atoms with E-state index in [4.69, 9.17) is 5.11 Å². The van der Waals surface area contributed by atoms with E-state index in [1.807, 2.05) is 25.1 Å². The highest BCUT2D eigenvalue weighted by molar-refractivity contribution is 5.75. The lowest BCUT2D eigenvalue weighted by atomic mass is 10.3. The third-order valence-corrected chi connectivity index (χ3v) is 2.93. The summed E-state index contributed by atoms with van der Waals surface area (Å²) in [6, 6.07) is 8.25. The number of benzene rings is 1. The van der Waals surface area contributed by atoms with E-state index in [1.165, 1.54) is 5.52 Å². The van der Waals surface area contributed by atoms with E-state index in [1.54, 1.807) is 0 Å². The molecule has 4 nitrogen and oxygen atoms in total. The first-order valence-corrected chi connectivity index (χ1v) is 6.04. The van der Waals surface area contributed by atoms with E-state index in [0.29, 0.717) is 6.54 Å². The summed E-state index contributed by atoms with van der Waals surface area (Å²) >= 11 is 0. The van der Waals surface area contributed by atoms with Crippen LogP contribution in [0.3, 0.4) is 0 Å². The second-order valence-electron chi connectivity index (χ2n) is 4.23. The Morgan fingerprint density at radius 2 is 2.18 bits per heavy atom. The van der Waals surface area contributed by atoms with Crippen LogP contribution in [0.25, 0.3) is 11.0 Å². The van der Waals surface area contributed by atoms with Crippen molar-refractivity contribution in [2.24, 2.45) is 0 Å². The molecule has 0 aliphatic heterocycles. The molecule has 1 aromatic carbocycles. The summed E-state index contributed by atoms with van der Waals surface area (Å²) in [6.07, 6.45) is 0. The third-order valence-electron chi connectivity index (χ3n) is 2.93. The lowest BCUT2D eigenvalue weighted by molar-refractivity contribution is 0.250. The number of aryl methyl sites for hydroxylation is 1. The highest BCUT2D eigenvalue weighted by Crippen LogP contribution is 2.15. The summed E-state index contributed by atoms with van der Waals surface area (Å²) in [4.78, 5) is 4.61. The highest BCUT2D eigenvalue weighted by atomic mass is 16.3. The molecular formula is C13H19N3O. The van der Waals surface area contributed by atoms with Gasteiger partial charge in [-0.1, -0.05) is 12.1 Å².